The molecule has 1 aliphatic carbocycles. The van der Waals surface area contributed by atoms with Crippen molar-refractivity contribution in [3.63, 3.8) is 0 Å². The molecule has 0 N–H and O–H groups in total. The summed E-state index contributed by atoms with van der Waals surface area (Å²) >= 11 is 6.04. The van der Waals surface area contributed by atoms with Gasteiger partial charge < -0.3 is 4.74 Å². The number of nitrogens with zero attached hydrogens (tertiary/aromatic N) is 2. The van der Waals surface area contributed by atoms with Crippen LogP contribution in [0.2, 0.25) is 5.02 Å². The lowest BCUT2D eigenvalue weighted by molar-refractivity contribution is 0.112. The fourth-order valence-corrected chi connectivity index (χ4v) is 4.51. The van der Waals surface area contributed by atoms with Gasteiger partial charge in [0.2, 0.25) is 0 Å². The van der Waals surface area contributed by atoms with E-state index in [9.17, 15) is 4.79 Å². The summed E-state index contributed by atoms with van der Waals surface area (Å²) in [5.41, 5.74) is 1.17. The van der Waals surface area contributed by atoms with E-state index >= 15 is 0 Å². The van der Waals surface area contributed by atoms with Crippen LogP contribution in [-0.4, -0.2) is 53.7 Å². The third kappa shape index (κ3) is 3.07. The molecule has 0 spiro atoms. The SMILES string of the molecule is O=C1O[C@H]2CN(C3CCCC3)C[C@H]2N1CCc1cccc(Cl)c1. The second-order valence-corrected chi connectivity index (χ2v) is 7.39. The quantitative estimate of drug-likeness (QED) is 0.846. The summed E-state index contributed by atoms with van der Waals surface area (Å²) in [5.74, 6) is 0. The van der Waals surface area contributed by atoms with E-state index in [-0.39, 0.29) is 18.2 Å². The lowest BCUT2D eigenvalue weighted by Gasteiger charge is -2.26. The van der Waals surface area contributed by atoms with E-state index in [4.69, 9.17) is 16.3 Å². The van der Waals surface area contributed by atoms with Gasteiger partial charge >= 0.3 is 6.09 Å². The minimum atomic E-state index is -0.145. The second kappa shape index (κ2) is 6.33. The van der Waals surface area contributed by atoms with Gasteiger partial charge in [-0.1, -0.05) is 36.6 Å². The van der Waals surface area contributed by atoms with Crippen LogP contribution < -0.4 is 0 Å². The third-order valence-corrected chi connectivity index (χ3v) is 5.76. The van der Waals surface area contributed by atoms with Gasteiger partial charge in [0.25, 0.3) is 0 Å². The summed E-state index contributed by atoms with van der Waals surface area (Å²) < 4.78 is 5.62. The Hall–Kier alpha value is -1.26. The van der Waals surface area contributed by atoms with E-state index in [0.717, 1.165) is 24.5 Å². The molecule has 1 aromatic rings. The molecule has 2 saturated heterocycles. The molecule has 0 radical (unpaired) electrons. The highest BCUT2D eigenvalue weighted by Crippen LogP contribution is 2.32. The zero-order valence-corrected chi connectivity index (χ0v) is 14.0. The molecule has 5 heteroatoms. The summed E-state index contributed by atoms with van der Waals surface area (Å²) in [6, 6.07) is 8.79. The number of ether oxygens (including phenoxy) is 1. The number of carbonyl (C=O) groups excluding carboxylic acids is 1. The number of hydrogen-bond donors (Lipinski definition) is 0. The van der Waals surface area contributed by atoms with Crippen LogP contribution in [0, 0.1) is 0 Å². The minimum Gasteiger partial charge on any atom is -0.442 e. The molecule has 1 saturated carbocycles. The van der Waals surface area contributed by atoms with Crippen LogP contribution in [0.25, 0.3) is 0 Å². The standard InChI is InChI=1S/C18H23ClN2O2/c19-14-5-3-4-13(10-14)8-9-21-16-11-20(15-6-1-2-7-15)12-17(16)23-18(21)22/h3-5,10,15-17H,1-2,6-9,11-12H2/t16-,17+/m1/s1. The zero-order chi connectivity index (χ0) is 15.8. The van der Waals surface area contributed by atoms with Gasteiger partial charge in [0.1, 0.15) is 6.10 Å². The number of halogens is 1. The van der Waals surface area contributed by atoms with E-state index in [0.29, 0.717) is 12.6 Å². The molecular weight excluding hydrogens is 312 g/mol. The molecule has 3 fully saturated rings. The lowest BCUT2D eigenvalue weighted by Crippen LogP contribution is -2.40. The molecule has 0 aromatic heterocycles. The normalized spacial score (nSPS) is 28.4. The maximum Gasteiger partial charge on any atom is 0.410 e. The summed E-state index contributed by atoms with van der Waals surface area (Å²) in [5, 5.41) is 0.748. The van der Waals surface area contributed by atoms with Crippen molar-refractivity contribution in [2.45, 2.75) is 50.3 Å². The molecular formula is C18H23ClN2O2. The van der Waals surface area contributed by atoms with Crippen molar-refractivity contribution in [1.82, 2.24) is 9.80 Å². The van der Waals surface area contributed by atoms with Crippen molar-refractivity contribution in [3.8, 4) is 0 Å². The van der Waals surface area contributed by atoms with Gasteiger partial charge in [0, 0.05) is 30.7 Å². The fourth-order valence-electron chi connectivity index (χ4n) is 4.30. The van der Waals surface area contributed by atoms with Gasteiger partial charge in [-0.15, -0.1) is 0 Å². The van der Waals surface area contributed by atoms with Gasteiger partial charge in [0.05, 0.1) is 6.04 Å². The Morgan fingerprint density at radius 1 is 1.22 bits per heavy atom. The molecule has 4 rings (SSSR count). The largest absolute Gasteiger partial charge is 0.442 e. The molecule has 0 unspecified atom stereocenters. The van der Waals surface area contributed by atoms with Crippen LogP contribution >= 0.6 is 11.6 Å². The van der Waals surface area contributed by atoms with Crippen LogP contribution in [0.15, 0.2) is 24.3 Å². The van der Waals surface area contributed by atoms with Crippen LogP contribution in [-0.2, 0) is 11.2 Å². The highest BCUT2D eigenvalue weighted by atomic mass is 35.5. The average molecular weight is 335 g/mol. The summed E-state index contributed by atoms with van der Waals surface area (Å²) in [4.78, 5) is 16.6. The Morgan fingerprint density at radius 3 is 2.83 bits per heavy atom. The van der Waals surface area contributed by atoms with Crippen molar-refractivity contribution >= 4 is 17.7 Å². The first-order valence-corrected chi connectivity index (χ1v) is 9.04. The van der Waals surface area contributed by atoms with Crippen molar-refractivity contribution in [1.29, 1.82) is 0 Å². The summed E-state index contributed by atoms with van der Waals surface area (Å²) in [6.07, 6.45) is 6.02. The Morgan fingerprint density at radius 2 is 2.04 bits per heavy atom. The number of hydrogen-bond acceptors (Lipinski definition) is 3. The number of carbonyl (C=O) groups is 1. The highest BCUT2D eigenvalue weighted by molar-refractivity contribution is 6.30. The molecule has 1 aromatic carbocycles. The first-order chi connectivity index (χ1) is 11.2. The molecule has 2 aliphatic heterocycles. The molecule has 23 heavy (non-hydrogen) atoms. The molecule has 3 aliphatic rings. The van der Waals surface area contributed by atoms with E-state index < -0.39 is 0 Å². The van der Waals surface area contributed by atoms with Crippen molar-refractivity contribution < 1.29 is 9.53 Å². The maximum absolute atomic E-state index is 12.2. The Labute approximate surface area is 142 Å². The van der Waals surface area contributed by atoms with Gasteiger partial charge in [-0.25, -0.2) is 4.79 Å². The first kappa shape index (κ1) is 15.3. The van der Waals surface area contributed by atoms with Gasteiger partial charge in [0.15, 0.2) is 0 Å². The van der Waals surface area contributed by atoms with Crippen LogP contribution in [0.3, 0.4) is 0 Å². The second-order valence-electron chi connectivity index (χ2n) is 6.96. The van der Waals surface area contributed by atoms with Gasteiger partial charge in [-0.3, -0.25) is 9.80 Å². The summed E-state index contributed by atoms with van der Waals surface area (Å²) in [6.45, 7) is 2.59. The lowest BCUT2D eigenvalue weighted by atomic mass is 10.1. The molecule has 1 amide bonds. The van der Waals surface area contributed by atoms with Crippen LogP contribution in [0.1, 0.15) is 31.2 Å². The monoisotopic (exact) mass is 334 g/mol. The molecule has 4 nitrogen and oxygen atoms in total. The number of amides is 1. The van der Waals surface area contributed by atoms with Gasteiger partial charge in [-0.05, 0) is 37.0 Å². The van der Waals surface area contributed by atoms with Gasteiger partial charge in [-0.2, -0.15) is 0 Å². The summed E-state index contributed by atoms with van der Waals surface area (Å²) in [7, 11) is 0. The predicted molar refractivity (Wildman–Crippen MR) is 89.7 cm³/mol. The topological polar surface area (TPSA) is 32.8 Å². The number of rotatable bonds is 4. The van der Waals surface area contributed by atoms with Crippen LogP contribution in [0.4, 0.5) is 4.79 Å². The van der Waals surface area contributed by atoms with E-state index in [1.807, 2.05) is 23.1 Å². The Balaban J connectivity index is 1.39. The Bertz CT molecular complexity index is 588. The number of fused-ring (bicyclic) bond motifs is 1. The van der Waals surface area contributed by atoms with Crippen LogP contribution in [0.5, 0.6) is 0 Å². The van der Waals surface area contributed by atoms with Crippen molar-refractivity contribution in [2.24, 2.45) is 0 Å². The molecule has 2 heterocycles. The molecule has 0 bridgehead atoms. The Kier molecular flexibility index (Phi) is 4.20. The minimum absolute atomic E-state index is 0.0578. The first-order valence-electron chi connectivity index (χ1n) is 8.66. The predicted octanol–water partition coefficient (Wildman–Crippen LogP) is 3.33. The van der Waals surface area contributed by atoms with Crippen molar-refractivity contribution in [2.75, 3.05) is 19.6 Å². The zero-order valence-electron chi connectivity index (χ0n) is 13.3. The third-order valence-electron chi connectivity index (χ3n) is 5.52. The van der Waals surface area contributed by atoms with Crippen molar-refractivity contribution in [3.05, 3.63) is 34.9 Å². The smallest absolute Gasteiger partial charge is 0.410 e. The molecule has 2 atom stereocenters. The molecule has 124 valence electrons. The highest BCUT2D eigenvalue weighted by Gasteiger charge is 2.48. The average Bonchev–Trinajstić information content (AvgIpc) is 3.21. The number of benzene rings is 1. The maximum atomic E-state index is 12.2. The fraction of sp³-hybridized carbons (Fsp3) is 0.611. The van der Waals surface area contributed by atoms with E-state index in [2.05, 4.69) is 11.0 Å². The van der Waals surface area contributed by atoms with E-state index in [1.54, 1.807) is 0 Å². The number of likely N-dealkylation sites (tertiary alicyclic amines) is 1. The van der Waals surface area contributed by atoms with E-state index in [1.165, 1.54) is 31.2 Å².